The van der Waals surface area contributed by atoms with E-state index in [-0.39, 0.29) is 5.91 Å². The van der Waals surface area contributed by atoms with Crippen LogP contribution in [0.3, 0.4) is 0 Å². The van der Waals surface area contributed by atoms with Crippen LogP contribution in [0.25, 0.3) is 16.9 Å². The number of piperazine rings is 1. The van der Waals surface area contributed by atoms with E-state index in [0.717, 1.165) is 49.3 Å². The molecule has 2 aromatic carbocycles. The van der Waals surface area contributed by atoms with Crippen LogP contribution in [0.15, 0.2) is 66.9 Å². The van der Waals surface area contributed by atoms with E-state index in [4.69, 9.17) is 5.10 Å². The van der Waals surface area contributed by atoms with Gasteiger partial charge < -0.3 is 9.80 Å². The molecule has 0 atom stereocenters. The van der Waals surface area contributed by atoms with Crippen molar-refractivity contribution >= 4 is 17.8 Å². The van der Waals surface area contributed by atoms with Crippen LogP contribution in [-0.2, 0) is 0 Å². The van der Waals surface area contributed by atoms with Gasteiger partial charge in [-0.3, -0.25) is 9.59 Å². The maximum absolute atomic E-state index is 12.8. The van der Waals surface area contributed by atoms with Crippen LogP contribution in [0.2, 0.25) is 0 Å². The lowest BCUT2D eigenvalue weighted by atomic mass is 10.1. The van der Waals surface area contributed by atoms with Crippen molar-refractivity contribution in [1.82, 2.24) is 24.4 Å². The zero-order valence-electron chi connectivity index (χ0n) is 18.8. The smallest absolute Gasteiger partial charge is 0.253 e. The van der Waals surface area contributed by atoms with Gasteiger partial charge in [0.1, 0.15) is 12.0 Å². The molecule has 1 amide bonds. The monoisotopic (exact) mass is 449 g/mol. The van der Waals surface area contributed by atoms with Crippen molar-refractivity contribution in [2.45, 2.75) is 0 Å². The van der Waals surface area contributed by atoms with Gasteiger partial charge in [0, 0.05) is 48.4 Å². The van der Waals surface area contributed by atoms with Crippen LogP contribution in [0.5, 0.6) is 0 Å². The number of nitrogens with zero attached hydrogens (tertiary/aromatic N) is 5. The molecule has 168 valence electrons. The molecule has 34 heavy (non-hydrogen) atoms. The van der Waals surface area contributed by atoms with Crippen molar-refractivity contribution in [2.24, 2.45) is 0 Å². The van der Waals surface area contributed by atoms with Gasteiger partial charge in [0.15, 0.2) is 5.65 Å². The number of fused-ring (bicyclic) bond motifs is 1. The molecule has 5 rings (SSSR count). The molecule has 0 aliphatic carbocycles. The van der Waals surface area contributed by atoms with Crippen molar-refractivity contribution < 1.29 is 9.59 Å². The molecule has 7 nitrogen and oxygen atoms in total. The van der Waals surface area contributed by atoms with Crippen LogP contribution in [0, 0.1) is 11.8 Å². The number of imidazole rings is 1. The van der Waals surface area contributed by atoms with Gasteiger partial charge in [-0.1, -0.05) is 30.2 Å². The molecule has 0 N–H and O–H groups in total. The Balaban J connectivity index is 1.37. The first-order valence-electron chi connectivity index (χ1n) is 11.1. The number of aldehydes is 1. The third-order valence-corrected chi connectivity index (χ3v) is 5.96. The van der Waals surface area contributed by atoms with Crippen molar-refractivity contribution in [3.05, 3.63) is 89.2 Å². The van der Waals surface area contributed by atoms with Gasteiger partial charge in [0.25, 0.3) is 5.91 Å². The first kappa shape index (κ1) is 21.6. The standard InChI is InChI=1S/C27H23N5O2/c1-30-14-16-31(17-15-30)27(34)23-9-7-22(8-10-23)25-12-13-26-28-18-24(32(26)29-25)11-6-20-2-4-21(19-33)5-3-20/h2-5,7-10,12-13,18-19H,14-17H2,1H3. The fraction of sp³-hybridized carbons (Fsp3) is 0.185. The number of hydrogen-bond donors (Lipinski definition) is 0. The van der Waals surface area contributed by atoms with E-state index in [1.54, 1.807) is 22.8 Å². The Kier molecular flexibility index (Phi) is 5.90. The molecular formula is C27H23N5O2. The fourth-order valence-electron chi connectivity index (χ4n) is 3.87. The molecule has 1 aliphatic heterocycles. The second-order valence-electron chi connectivity index (χ2n) is 8.29. The van der Waals surface area contributed by atoms with Crippen LogP contribution in [0.4, 0.5) is 0 Å². The Morgan fingerprint density at radius 1 is 0.912 bits per heavy atom. The number of benzene rings is 2. The second-order valence-corrected chi connectivity index (χ2v) is 8.29. The highest BCUT2D eigenvalue weighted by molar-refractivity contribution is 5.94. The summed E-state index contributed by atoms with van der Waals surface area (Å²) < 4.78 is 1.71. The maximum atomic E-state index is 12.8. The number of aromatic nitrogens is 3. The summed E-state index contributed by atoms with van der Waals surface area (Å²) in [4.78, 5) is 32.1. The number of likely N-dealkylation sites (N-methyl/N-ethyl adjacent to an activating group) is 1. The Hall–Kier alpha value is -4.28. The van der Waals surface area contributed by atoms with E-state index in [1.165, 1.54) is 0 Å². The molecule has 0 radical (unpaired) electrons. The van der Waals surface area contributed by atoms with Gasteiger partial charge in [-0.25, -0.2) is 9.50 Å². The van der Waals surface area contributed by atoms with E-state index in [2.05, 4.69) is 28.8 Å². The Labute approximate surface area is 197 Å². The first-order valence-corrected chi connectivity index (χ1v) is 11.1. The first-order chi connectivity index (χ1) is 16.6. The van der Waals surface area contributed by atoms with E-state index < -0.39 is 0 Å². The number of carbonyl (C=O) groups excluding carboxylic acids is 2. The summed E-state index contributed by atoms with van der Waals surface area (Å²) in [5, 5.41) is 4.72. The lowest BCUT2D eigenvalue weighted by Crippen LogP contribution is -2.47. The van der Waals surface area contributed by atoms with Crippen molar-refractivity contribution in [1.29, 1.82) is 0 Å². The highest BCUT2D eigenvalue weighted by atomic mass is 16.2. The molecule has 4 aromatic rings. The summed E-state index contributed by atoms with van der Waals surface area (Å²) in [6.07, 6.45) is 2.50. The lowest BCUT2D eigenvalue weighted by Gasteiger charge is -2.32. The normalized spacial score (nSPS) is 14.0. The Morgan fingerprint density at radius 3 is 2.35 bits per heavy atom. The predicted molar refractivity (Wildman–Crippen MR) is 130 cm³/mol. The molecule has 2 aromatic heterocycles. The highest BCUT2D eigenvalue weighted by Gasteiger charge is 2.20. The molecule has 3 heterocycles. The third-order valence-electron chi connectivity index (χ3n) is 5.96. The second kappa shape index (κ2) is 9.30. The van der Waals surface area contributed by atoms with Crippen LogP contribution in [0.1, 0.15) is 32.0 Å². The van der Waals surface area contributed by atoms with E-state index in [0.29, 0.717) is 22.5 Å². The summed E-state index contributed by atoms with van der Waals surface area (Å²) >= 11 is 0. The van der Waals surface area contributed by atoms with E-state index in [9.17, 15) is 9.59 Å². The molecular weight excluding hydrogens is 426 g/mol. The van der Waals surface area contributed by atoms with Gasteiger partial charge in [-0.15, -0.1) is 0 Å². The molecule has 7 heteroatoms. The number of amides is 1. The van der Waals surface area contributed by atoms with Crippen molar-refractivity contribution in [2.75, 3.05) is 33.2 Å². The van der Waals surface area contributed by atoms with Gasteiger partial charge in [0.05, 0.1) is 11.9 Å². The van der Waals surface area contributed by atoms with E-state index in [1.807, 2.05) is 53.4 Å². The van der Waals surface area contributed by atoms with Gasteiger partial charge >= 0.3 is 0 Å². The minimum atomic E-state index is 0.0661. The molecule has 1 aliphatic rings. The minimum absolute atomic E-state index is 0.0661. The van der Waals surface area contributed by atoms with Gasteiger partial charge in [-0.05, 0) is 49.4 Å². The van der Waals surface area contributed by atoms with Crippen LogP contribution >= 0.6 is 0 Å². The van der Waals surface area contributed by atoms with E-state index >= 15 is 0 Å². The average molecular weight is 450 g/mol. The maximum Gasteiger partial charge on any atom is 0.253 e. The van der Waals surface area contributed by atoms with Crippen molar-refractivity contribution in [3.63, 3.8) is 0 Å². The largest absolute Gasteiger partial charge is 0.336 e. The minimum Gasteiger partial charge on any atom is -0.336 e. The fourth-order valence-corrected chi connectivity index (χ4v) is 3.87. The van der Waals surface area contributed by atoms with Crippen LogP contribution < -0.4 is 0 Å². The lowest BCUT2D eigenvalue weighted by molar-refractivity contribution is 0.0664. The van der Waals surface area contributed by atoms with Crippen LogP contribution in [-0.4, -0.2) is 69.8 Å². The number of rotatable bonds is 3. The van der Waals surface area contributed by atoms with Gasteiger partial charge in [0.2, 0.25) is 0 Å². The molecule has 1 fully saturated rings. The topological polar surface area (TPSA) is 70.8 Å². The highest BCUT2D eigenvalue weighted by Crippen LogP contribution is 2.20. The Morgan fingerprint density at radius 2 is 1.65 bits per heavy atom. The molecule has 0 saturated carbocycles. The number of carbonyl (C=O) groups is 2. The SMILES string of the molecule is CN1CCN(C(=O)c2ccc(-c3ccc4ncc(C#Cc5ccc(C=O)cc5)n4n3)cc2)CC1. The summed E-state index contributed by atoms with van der Waals surface area (Å²) in [5.74, 6) is 6.27. The zero-order valence-corrected chi connectivity index (χ0v) is 18.8. The predicted octanol–water partition coefficient (Wildman–Crippen LogP) is 3.00. The molecule has 0 spiro atoms. The zero-order chi connectivity index (χ0) is 23.5. The molecule has 0 unspecified atom stereocenters. The summed E-state index contributed by atoms with van der Waals surface area (Å²) in [5.41, 5.74) is 5.14. The number of hydrogen-bond acceptors (Lipinski definition) is 5. The average Bonchev–Trinajstić information content (AvgIpc) is 3.30. The molecule has 1 saturated heterocycles. The summed E-state index contributed by atoms with van der Waals surface area (Å²) in [6, 6.07) is 18.5. The third kappa shape index (κ3) is 4.45. The quantitative estimate of drug-likeness (QED) is 0.355. The Bertz CT molecular complexity index is 1400. The van der Waals surface area contributed by atoms with Gasteiger partial charge in [-0.2, -0.15) is 5.10 Å². The molecule has 0 bridgehead atoms. The van der Waals surface area contributed by atoms with Crippen molar-refractivity contribution in [3.8, 4) is 23.1 Å². The summed E-state index contributed by atoms with van der Waals surface area (Å²) in [7, 11) is 2.07. The summed E-state index contributed by atoms with van der Waals surface area (Å²) in [6.45, 7) is 3.30.